The van der Waals surface area contributed by atoms with Crippen molar-refractivity contribution in [2.45, 2.75) is 72.6 Å². The van der Waals surface area contributed by atoms with E-state index in [2.05, 4.69) is 48.1 Å². The van der Waals surface area contributed by atoms with Crippen LogP contribution in [-0.2, 0) is 4.74 Å². The first-order valence-electron chi connectivity index (χ1n) is 9.93. The third kappa shape index (κ3) is 10.4. The molecule has 1 amide bonds. The summed E-state index contributed by atoms with van der Waals surface area (Å²) >= 11 is 0. The number of carbonyl (C=O) groups excluding carboxylic acids is 1. The number of halogens is 1. The molecule has 1 fully saturated rings. The first-order chi connectivity index (χ1) is 12.2. The average molecular weight is 497 g/mol. The van der Waals surface area contributed by atoms with E-state index in [0.29, 0.717) is 6.04 Å². The van der Waals surface area contributed by atoms with E-state index < -0.39 is 5.60 Å². The Morgan fingerprint density at radius 3 is 2.52 bits per heavy atom. The summed E-state index contributed by atoms with van der Waals surface area (Å²) in [5.74, 6) is 0.931. The Hall–Kier alpha value is -0.770. The average Bonchev–Trinajstić information content (AvgIpc) is 2.96. The lowest BCUT2D eigenvalue weighted by atomic mass is 10.2. The summed E-state index contributed by atoms with van der Waals surface area (Å²) in [5.41, 5.74) is -0.472. The molecule has 0 saturated carbocycles. The van der Waals surface area contributed by atoms with E-state index >= 15 is 0 Å². The third-order valence-corrected chi connectivity index (χ3v) is 4.33. The van der Waals surface area contributed by atoms with Crippen molar-refractivity contribution < 1.29 is 9.53 Å². The van der Waals surface area contributed by atoms with Gasteiger partial charge in [-0.25, -0.2) is 4.79 Å². The van der Waals surface area contributed by atoms with Gasteiger partial charge in [-0.15, -0.1) is 24.0 Å². The zero-order valence-electron chi connectivity index (χ0n) is 18.2. The molecular weight excluding hydrogens is 457 g/mol. The fourth-order valence-corrected chi connectivity index (χ4v) is 3.04. The van der Waals surface area contributed by atoms with E-state index in [4.69, 9.17) is 9.73 Å². The standard InChI is InChI=1S/C19H39N5O2.HI/c1-8-20-17(21-11-13-23(9-2)15(3)4)24-12-10-16(14-24)22-18(25)26-19(5,6)7;/h15-16H,8-14H2,1-7H3,(H,20,21)(H,22,25);1H. The molecule has 1 rings (SSSR count). The molecule has 1 saturated heterocycles. The van der Waals surface area contributed by atoms with Crippen molar-refractivity contribution in [2.75, 3.05) is 39.3 Å². The number of carbonyl (C=O) groups is 1. The molecule has 1 aliphatic heterocycles. The van der Waals surface area contributed by atoms with Gasteiger partial charge in [0.1, 0.15) is 5.60 Å². The number of alkyl carbamates (subject to hydrolysis) is 1. The number of likely N-dealkylation sites (tertiary alicyclic amines) is 1. The van der Waals surface area contributed by atoms with Gasteiger partial charge in [0.2, 0.25) is 0 Å². The Morgan fingerprint density at radius 1 is 1.33 bits per heavy atom. The molecule has 7 nitrogen and oxygen atoms in total. The minimum absolute atomic E-state index is 0. The van der Waals surface area contributed by atoms with Crippen LogP contribution in [0.4, 0.5) is 4.79 Å². The number of guanidine groups is 1. The van der Waals surface area contributed by atoms with Gasteiger partial charge < -0.3 is 20.3 Å². The van der Waals surface area contributed by atoms with Crippen molar-refractivity contribution in [2.24, 2.45) is 4.99 Å². The fraction of sp³-hybridized carbons (Fsp3) is 0.895. The Bertz CT molecular complexity index is 466. The van der Waals surface area contributed by atoms with Crippen LogP contribution >= 0.6 is 24.0 Å². The molecule has 1 aliphatic rings. The minimum Gasteiger partial charge on any atom is -0.444 e. The number of rotatable bonds is 7. The van der Waals surface area contributed by atoms with Gasteiger partial charge in [-0.05, 0) is 54.5 Å². The van der Waals surface area contributed by atoms with E-state index in [1.165, 1.54) is 0 Å². The fourth-order valence-electron chi connectivity index (χ4n) is 3.04. The molecule has 1 heterocycles. The maximum atomic E-state index is 12.0. The molecule has 0 aliphatic carbocycles. The van der Waals surface area contributed by atoms with Gasteiger partial charge >= 0.3 is 6.09 Å². The largest absolute Gasteiger partial charge is 0.444 e. The molecule has 0 spiro atoms. The molecule has 0 aromatic rings. The highest BCUT2D eigenvalue weighted by atomic mass is 127. The molecule has 2 N–H and O–H groups in total. The molecule has 0 aromatic carbocycles. The summed E-state index contributed by atoms with van der Waals surface area (Å²) in [4.78, 5) is 21.4. The van der Waals surface area contributed by atoms with Crippen molar-refractivity contribution in [1.29, 1.82) is 0 Å². The summed E-state index contributed by atoms with van der Waals surface area (Å²) in [6.07, 6.45) is 0.554. The van der Waals surface area contributed by atoms with Gasteiger partial charge in [-0.3, -0.25) is 9.89 Å². The minimum atomic E-state index is -0.472. The molecule has 160 valence electrons. The third-order valence-electron chi connectivity index (χ3n) is 4.33. The van der Waals surface area contributed by atoms with Crippen molar-refractivity contribution >= 4 is 36.0 Å². The molecule has 0 aromatic heterocycles. The van der Waals surface area contributed by atoms with Crippen LogP contribution in [0.5, 0.6) is 0 Å². The second-order valence-electron chi connectivity index (χ2n) is 8.04. The summed E-state index contributed by atoms with van der Waals surface area (Å²) < 4.78 is 5.35. The number of nitrogens with one attached hydrogen (secondary N) is 2. The predicted molar refractivity (Wildman–Crippen MR) is 123 cm³/mol. The van der Waals surface area contributed by atoms with Gasteiger partial charge in [-0.2, -0.15) is 0 Å². The maximum absolute atomic E-state index is 12.0. The topological polar surface area (TPSA) is 69.2 Å². The quantitative estimate of drug-likeness (QED) is 0.322. The Morgan fingerprint density at radius 2 is 2.00 bits per heavy atom. The second kappa shape index (κ2) is 12.6. The first-order valence-corrected chi connectivity index (χ1v) is 9.93. The highest BCUT2D eigenvalue weighted by Gasteiger charge is 2.27. The first kappa shape index (κ1) is 26.2. The Balaban J connectivity index is 0.00000676. The van der Waals surface area contributed by atoms with Gasteiger partial charge in [0.25, 0.3) is 0 Å². The number of amides is 1. The molecule has 0 bridgehead atoms. The van der Waals surface area contributed by atoms with Crippen LogP contribution in [-0.4, -0.2) is 78.8 Å². The van der Waals surface area contributed by atoms with Gasteiger partial charge in [0.15, 0.2) is 5.96 Å². The van der Waals surface area contributed by atoms with E-state index in [0.717, 1.165) is 51.6 Å². The predicted octanol–water partition coefficient (Wildman–Crippen LogP) is 2.90. The zero-order chi connectivity index (χ0) is 19.7. The molecule has 27 heavy (non-hydrogen) atoms. The van der Waals surface area contributed by atoms with Gasteiger partial charge in [0.05, 0.1) is 12.6 Å². The molecule has 0 radical (unpaired) electrons. The lowest BCUT2D eigenvalue weighted by Gasteiger charge is -2.25. The van der Waals surface area contributed by atoms with Crippen molar-refractivity contribution in [3.63, 3.8) is 0 Å². The van der Waals surface area contributed by atoms with Gasteiger partial charge in [-0.1, -0.05) is 6.92 Å². The van der Waals surface area contributed by atoms with Crippen LogP contribution in [0.1, 0.15) is 54.9 Å². The lowest BCUT2D eigenvalue weighted by Crippen LogP contribution is -2.44. The molecule has 1 atom stereocenters. The van der Waals surface area contributed by atoms with Crippen LogP contribution in [0.15, 0.2) is 4.99 Å². The number of likely N-dealkylation sites (N-methyl/N-ethyl adjacent to an activating group) is 1. The molecule has 1 unspecified atom stereocenters. The SMILES string of the molecule is CCNC(=NCCN(CC)C(C)C)N1CCC(NC(=O)OC(C)(C)C)C1.I. The monoisotopic (exact) mass is 497 g/mol. The number of hydrogen-bond donors (Lipinski definition) is 2. The second-order valence-corrected chi connectivity index (χ2v) is 8.04. The van der Waals surface area contributed by atoms with Crippen LogP contribution in [0.3, 0.4) is 0 Å². The number of aliphatic imine (C=N–C) groups is 1. The molecule has 8 heteroatoms. The van der Waals surface area contributed by atoms with Crippen LogP contribution in [0, 0.1) is 0 Å². The van der Waals surface area contributed by atoms with Crippen molar-refractivity contribution in [3.05, 3.63) is 0 Å². The molecular formula is C19H40IN5O2. The maximum Gasteiger partial charge on any atom is 0.407 e. The highest BCUT2D eigenvalue weighted by Crippen LogP contribution is 2.12. The van der Waals surface area contributed by atoms with Crippen LogP contribution in [0.2, 0.25) is 0 Å². The summed E-state index contributed by atoms with van der Waals surface area (Å²) in [7, 11) is 0. The Kier molecular flexibility index (Phi) is 12.3. The zero-order valence-corrected chi connectivity index (χ0v) is 20.5. The van der Waals surface area contributed by atoms with E-state index in [1.54, 1.807) is 0 Å². The summed E-state index contributed by atoms with van der Waals surface area (Å²) in [5, 5.41) is 6.34. The Labute approximate surface area is 182 Å². The van der Waals surface area contributed by atoms with Crippen LogP contribution in [0.25, 0.3) is 0 Å². The van der Waals surface area contributed by atoms with E-state index in [1.807, 2.05) is 20.8 Å². The lowest BCUT2D eigenvalue weighted by molar-refractivity contribution is 0.0507. The van der Waals surface area contributed by atoms with Gasteiger partial charge in [0, 0.05) is 32.2 Å². The van der Waals surface area contributed by atoms with Crippen molar-refractivity contribution in [1.82, 2.24) is 20.4 Å². The van der Waals surface area contributed by atoms with E-state index in [-0.39, 0.29) is 36.1 Å². The smallest absolute Gasteiger partial charge is 0.407 e. The summed E-state index contributed by atoms with van der Waals surface area (Å²) in [6.45, 7) is 19.6. The van der Waals surface area contributed by atoms with Crippen LogP contribution < -0.4 is 10.6 Å². The summed E-state index contributed by atoms with van der Waals surface area (Å²) in [6, 6.07) is 0.628. The normalized spacial score (nSPS) is 17.9. The number of hydrogen-bond acceptors (Lipinski definition) is 4. The number of ether oxygens (including phenoxy) is 1. The van der Waals surface area contributed by atoms with Crippen molar-refractivity contribution in [3.8, 4) is 0 Å². The van der Waals surface area contributed by atoms with E-state index in [9.17, 15) is 4.79 Å². The highest BCUT2D eigenvalue weighted by molar-refractivity contribution is 14.0. The number of nitrogens with zero attached hydrogens (tertiary/aromatic N) is 3.